The summed E-state index contributed by atoms with van der Waals surface area (Å²) in [6.07, 6.45) is 2.01. The van der Waals surface area contributed by atoms with Crippen molar-refractivity contribution in [2.24, 2.45) is 17.8 Å². The van der Waals surface area contributed by atoms with E-state index in [2.05, 4.69) is 17.6 Å². The number of amides is 3. The monoisotopic (exact) mass is 535 g/mol. The Hall–Kier alpha value is -2.84. The number of nitrogens with one attached hydrogen (secondary N) is 2. The van der Waals surface area contributed by atoms with Crippen molar-refractivity contribution in [1.82, 2.24) is 10.2 Å². The third kappa shape index (κ3) is 4.51. The Labute approximate surface area is 228 Å². The number of aliphatic hydroxyl groups excluding tert-OH is 1. The van der Waals surface area contributed by atoms with Crippen LogP contribution in [0, 0.1) is 17.8 Å². The summed E-state index contributed by atoms with van der Waals surface area (Å²) in [5.41, 5.74) is 1.66. The number of hydrogen-bond acceptors (Lipinski definition) is 5. The molecule has 2 aromatic carbocycles. The number of likely N-dealkylation sites (tertiary alicyclic amines) is 1. The largest absolute Gasteiger partial charge is 0.394 e. The van der Waals surface area contributed by atoms with Crippen molar-refractivity contribution in [3.8, 4) is 0 Å². The van der Waals surface area contributed by atoms with Crippen molar-refractivity contribution in [2.75, 3.05) is 11.9 Å². The van der Waals surface area contributed by atoms with E-state index in [9.17, 15) is 19.5 Å². The Morgan fingerprint density at radius 2 is 1.71 bits per heavy atom. The zero-order valence-corrected chi connectivity index (χ0v) is 23.0. The van der Waals surface area contributed by atoms with Gasteiger partial charge in [0.05, 0.1) is 29.2 Å². The van der Waals surface area contributed by atoms with Gasteiger partial charge < -0.3 is 20.6 Å². The van der Waals surface area contributed by atoms with Gasteiger partial charge in [-0.1, -0.05) is 62.4 Å². The average Bonchev–Trinajstić information content (AvgIpc) is 3.47. The number of rotatable bonds is 9. The molecule has 0 radical (unpaired) electrons. The van der Waals surface area contributed by atoms with E-state index >= 15 is 0 Å². The number of carbonyl (C=O) groups is 3. The number of anilines is 1. The van der Waals surface area contributed by atoms with Gasteiger partial charge >= 0.3 is 0 Å². The third-order valence-corrected chi connectivity index (χ3v) is 10.4. The SMILES string of the molecule is CC(C)C[C@H](CO)N1C(=O)[C@@H]2[C@@H](C(=O)Nc3ccccc3)[C@@]3(C)CCC2(S3)C1C(=O)NCc1ccccc1. The van der Waals surface area contributed by atoms with Gasteiger partial charge in [0.25, 0.3) is 0 Å². The normalized spacial score (nSPS) is 30.4. The molecule has 0 aromatic heterocycles. The lowest BCUT2D eigenvalue weighted by atomic mass is 9.66. The van der Waals surface area contributed by atoms with Crippen LogP contribution in [-0.2, 0) is 20.9 Å². The van der Waals surface area contributed by atoms with Crippen LogP contribution in [0.15, 0.2) is 60.7 Å². The van der Waals surface area contributed by atoms with E-state index in [1.807, 2.05) is 74.5 Å². The Morgan fingerprint density at radius 1 is 1.05 bits per heavy atom. The Bertz CT molecular complexity index is 1190. The summed E-state index contributed by atoms with van der Waals surface area (Å²) >= 11 is 1.65. The first kappa shape index (κ1) is 26.8. The first-order valence-electron chi connectivity index (χ1n) is 13.5. The zero-order chi connectivity index (χ0) is 27.1. The highest BCUT2D eigenvalue weighted by Gasteiger charge is 2.77. The zero-order valence-electron chi connectivity index (χ0n) is 22.2. The molecular weight excluding hydrogens is 498 g/mol. The lowest BCUT2D eigenvalue weighted by molar-refractivity contribution is -0.142. The van der Waals surface area contributed by atoms with E-state index in [-0.39, 0.29) is 30.2 Å². The van der Waals surface area contributed by atoms with Crippen LogP contribution in [0.1, 0.15) is 45.6 Å². The fraction of sp³-hybridized carbons (Fsp3) is 0.500. The van der Waals surface area contributed by atoms with Crippen LogP contribution in [0.5, 0.6) is 0 Å². The molecule has 8 heteroatoms. The minimum atomic E-state index is -0.749. The molecule has 1 spiro atoms. The maximum Gasteiger partial charge on any atom is 0.244 e. The highest BCUT2D eigenvalue weighted by molar-refractivity contribution is 8.02. The molecule has 202 valence electrons. The summed E-state index contributed by atoms with van der Waals surface area (Å²) in [5, 5.41) is 16.5. The number of nitrogens with zero attached hydrogens (tertiary/aromatic N) is 1. The van der Waals surface area contributed by atoms with Gasteiger partial charge in [-0.25, -0.2) is 0 Å². The second-order valence-corrected chi connectivity index (χ2v) is 13.4. The highest BCUT2D eigenvalue weighted by atomic mass is 32.2. The molecule has 3 aliphatic heterocycles. The van der Waals surface area contributed by atoms with Gasteiger partial charge in [-0.3, -0.25) is 14.4 Å². The molecule has 2 aromatic rings. The third-order valence-electron chi connectivity index (χ3n) is 8.44. The predicted octanol–water partition coefficient (Wildman–Crippen LogP) is 3.83. The van der Waals surface area contributed by atoms with E-state index in [0.29, 0.717) is 25.1 Å². The molecular formula is C30H37N3O4S. The molecule has 5 rings (SSSR count). The number of benzene rings is 2. The highest BCUT2D eigenvalue weighted by Crippen LogP contribution is 2.71. The molecule has 3 saturated heterocycles. The van der Waals surface area contributed by atoms with Crippen molar-refractivity contribution in [3.05, 3.63) is 66.2 Å². The van der Waals surface area contributed by atoms with Crippen LogP contribution >= 0.6 is 11.8 Å². The molecule has 0 saturated carbocycles. The van der Waals surface area contributed by atoms with E-state index in [0.717, 1.165) is 12.0 Å². The second-order valence-electron chi connectivity index (χ2n) is 11.5. The molecule has 0 aliphatic carbocycles. The molecule has 3 aliphatic rings. The topological polar surface area (TPSA) is 98.7 Å². The van der Waals surface area contributed by atoms with Gasteiger partial charge in [0, 0.05) is 17.0 Å². The molecule has 2 bridgehead atoms. The Kier molecular flexibility index (Phi) is 7.31. The summed E-state index contributed by atoms with van der Waals surface area (Å²) in [6, 6.07) is 17.7. The first-order chi connectivity index (χ1) is 18.2. The fourth-order valence-electron chi connectivity index (χ4n) is 6.90. The summed E-state index contributed by atoms with van der Waals surface area (Å²) < 4.78 is -1.16. The van der Waals surface area contributed by atoms with Gasteiger partial charge in [0.2, 0.25) is 17.7 Å². The van der Waals surface area contributed by atoms with E-state index in [1.54, 1.807) is 16.7 Å². The van der Waals surface area contributed by atoms with Crippen molar-refractivity contribution >= 4 is 35.2 Å². The van der Waals surface area contributed by atoms with Crippen molar-refractivity contribution in [2.45, 2.75) is 68.2 Å². The predicted molar refractivity (Wildman–Crippen MR) is 149 cm³/mol. The van der Waals surface area contributed by atoms with E-state index < -0.39 is 33.4 Å². The van der Waals surface area contributed by atoms with Crippen LogP contribution in [-0.4, -0.2) is 55.9 Å². The number of thioether (sulfide) groups is 1. The van der Waals surface area contributed by atoms with Gasteiger partial charge in [-0.2, -0.15) is 0 Å². The smallest absolute Gasteiger partial charge is 0.244 e. The van der Waals surface area contributed by atoms with Crippen LogP contribution < -0.4 is 10.6 Å². The summed E-state index contributed by atoms with van der Waals surface area (Å²) in [4.78, 5) is 43.7. The van der Waals surface area contributed by atoms with Crippen molar-refractivity contribution < 1.29 is 19.5 Å². The lowest BCUT2D eigenvalue weighted by Crippen LogP contribution is -2.56. The fourth-order valence-corrected chi connectivity index (χ4v) is 9.24. The maximum absolute atomic E-state index is 14.3. The van der Waals surface area contributed by atoms with Crippen molar-refractivity contribution in [1.29, 1.82) is 0 Å². The molecule has 2 unspecified atom stereocenters. The average molecular weight is 536 g/mol. The van der Waals surface area contributed by atoms with Crippen molar-refractivity contribution in [3.63, 3.8) is 0 Å². The molecule has 3 fully saturated rings. The summed E-state index contributed by atoms with van der Waals surface area (Å²) in [7, 11) is 0. The lowest BCUT2D eigenvalue weighted by Gasteiger charge is -2.37. The van der Waals surface area contributed by atoms with Crippen LogP contribution in [0.4, 0.5) is 5.69 Å². The number of aliphatic hydroxyl groups is 1. The van der Waals surface area contributed by atoms with Crippen LogP contribution in [0.3, 0.4) is 0 Å². The minimum absolute atomic E-state index is 0.180. The van der Waals surface area contributed by atoms with E-state index in [4.69, 9.17) is 0 Å². The van der Waals surface area contributed by atoms with E-state index in [1.165, 1.54) is 0 Å². The minimum Gasteiger partial charge on any atom is -0.394 e. The van der Waals surface area contributed by atoms with Gasteiger partial charge in [-0.05, 0) is 49.8 Å². The Balaban J connectivity index is 1.50. The quantitative estimate of drug-likeness (QED) is 0.453. The van der Waals surface area contributed by atoms with Gasteiger partial charge in [-0.15, -0.1) is 11.8 Å². The standard InChI is InChI=1S/C30H37N3O4S/c1-19(2)16-22(18-34)33-25(27(36)31-17-20-10-6-4-7-11-20)30-15-14-29(3,38-30)23(24(30)28(33)37)26(35)32-21-12-8-5-9-13-21/h4-13,19,22-25,34H,14-18H2,1-3H3,(H,31,36)(H,32,35)/t22-,23+,24+,25?,29-,30?/m1/s1. The summed E-state index contributed by atoms with van der Waals surface area (Å²) in [5.74, 6) is -1.54. The number of para-hydroxylation sites is 1. The van der Waals surface area contributed by atoms with Gasteiger partial charge in [0.15, 0.2) is 0 Å². The molecule has 3 N–H and O–H groups in total. The van der Waals surface area contributed by atoms with Crippen LogP contribution in [0.25, 0.3) is 0 Å². The molecule has 7 nitrogen and oxygen atoms in total. The molecule has 3 heterocycles. The first-order valence-corrected chi connectivity index (χ1v) is 14.3. The Morgan fingerprint density at radius 3 is 2.34 bits per heavy atom. The van der Waals surface area contributed by atoms with Crippen LogP contribution in [0.2, 0.25) is 0 Å². The van der Waals surface area contributed by atoms with Gasteiger partial charge in [0.1, 0.15) is 6.04 Å². The molecule has 38 heavy (non-hydrogen) atoms. The molecule has 6 atom stereocenters. The number of fused-ring (bicyclic) bond motifs is 1. The second kappa shape index (κ2) is 10.4. The molecule has 3 amide bonds. The number of carbonyl (C=O) groups excluding carboxylic acids is 3. The maximum atomic E-state index is 14.3. The number of hydrogen-bond donors (Lipinski definition) is 3. The summed E-state index contributed by atoms with van der Waals surface area (Å²) in [6.45, 7) is 6.29.